The second kappa shape index (κ2) is 6.62. The first-order valence-electron chi connectivity index (χ1n) is 7.35. The average molecular weight is 322 g/mol. The van der Waals surface area contributed by atoms with E-state index in [-0.39, 0.29) is 0 Å². The molecule has 23 heavy (non-hydrogen) atoms. The van der Waals surface area contributed by atoms with E-state index in [1.165, 1.54) is 0 Å². The van der Waals surface area contributed by atoms with Gasteiger partial charge in [-0.2, -0.15) is 0 Å². The number of benzene rings is 2. The molecule has 116 valence electrons. The lowest BCUT2D eigenvalue weighted by Crippen LogP contribution is -2.14. The number of anilines is 1. The molecule has 0 bridgehead atoms. The maximum atomic E-state index is 5.85. The highest BCUT2D eigenvalue weighted by Crippen LogP contribution is 2.15. The largest absolute Gasteiger partial charge is 0.399 e. The number of hydrogen-bond donors (Lipinski definition) is 2. The smallest absolute Gasteiger partial charge is 0.113 e. The van der Waals surface area contributed by atoms with Crippen molar-refractivity contribution in [2.24, 2.45) is 5.73 Å². The maximum Gasteiger partial charge on any atom is 0.113 e. The minimum Gasteiger partial charge on any atom is -0.399 e. The summed E-state index contributed by atoms with van der Waals surface area (Å²) in [7, 11) is 0. The van der Waals surface area contributed by atoms with Crippen LogP contribution in [0.3, 0.4) is 0 Å². The van der Waals surface area contributed by atoms with Crippen LogP contribution in [-0.2, 0) is 13.0 Å². The molecule has 0 spiro atoms. The molecule has 2 aromatic carbocycles. The SMILES string of the molecule is NC(=S)c1ccccc1Cn1ccnc1Cc1cccc(N)c1. The van der Waals surface area contributed by atoms with Crippen LogP contribution >= 0.6 is 12.2 Å². The molecule has 0 amide bonds. The number of nitrogens with two attached hydrogens (primary N) is 2. The Labute approximate surface area is 140 Å². The van der Waals surface area contributed by atoms with Crippen LogP contribution in [0.2, 0.25) is 0 Å². The Bertz CT molecular complexity index is 838. The van der Waals surface area contributed by atoms with Crippen molar-refractivity contribution in [2.75, 3.05) is 5.73 Å². The first-order chi connectivity index (χ1) is 11.1. The number of hydrogen-bond acceptors (Lipinski definition) is 3. The van der Waals surface area contributed by atoms with Crippen LogP contribution in [0.15, 0.2) is 60.9 Å². The molecule has 4 N–H and O–H groups in total. The van der Waals surface area contributed by atoms with Gasteiger partial charge in [-0.1, -0.05) is 48.6 Å². The van der Waals surface area contributed by atoms with Crippen molar-refractivity contribution in [3.8, 4) is 0 Å². The predicted octanol–water partition coefficient (Wildman–Crippen LogP) is 2.74. The summed E-state index contributed by atoms with van der Waals surface area (Å²) in [6.45, 7) is 0.686. The summed E-state index contributed by atoms with van der Waals surface area (Å²) in [6, 6.07) is 15.8. The molecule has 0 aliphatic heterocycles. The van der Waals surface area contributed by atoms with Gasteiger partial charge in [0.25, 0.3) is 0 Å². The van der Waals surface area contributed by atoms with Crippen LogP contribution in [0.4, 0.5) is 5.69 Å². The fourth-order valence-corrected chi connectivity index (χ4v) is 2.82. The Kier molecular flexibility index (Phi) is 4.39. The molecule has 3 rings (SSSR count). The Morgan fingerprint density at radius 1 is 1.13 bits per heavy atom. The summed E-state index contributed by atoms with van der Waals surface area (Å²) in [4.78, 5) is 4.88. The molecule has 0 unspecified atom stereocenters. The van der Waals surface area contributed by atoms with E-state index >= 15 is 0 Å². The highest BCUT2D eigenvalue weighted by molar-refractivity contribution is 7.80. The van der Waals surface area contributed by atoms with Gasteiger partial charge in [0.2, 0.25) is 0 Å². The molecular weight excluding hydrogens is 304 g/mol. The number of nitrogens with zero attached hydrogens (tertiary/aromatic N) is 2. The number of nitrogen functional groups attached to an aromatic ring is 1. The Morgan fingerprint density at radius 2 is 1.96 bits per heavy atom. The molecule has 1 heterocycles. The highest BCUT2D eigenvalue weighted by atomic mass is 32.1. The van der Waals surface area contributed by atoms with E-state index in [1.807, 2.05) is 54.9 Å². The minimum absolute atomic E-state index is 0.415. The molecule has 0 aliphatic carbocycles. The normalized spacial score (nSPS) is 10.6. The van der Waals surface area contributed by atoms with E-state index in [9.17, 15) is 0 Å². The summed E-state index contributed by atoms with van der Waals surface area (Å²) >= 11 is 5.14. The predicted molar refractivity (Wildman–Crippen MR) is 97.3 cm³/mol. The number of thiocarbonyl (C=S) groups is 1. The zero-order valence-corrected chi connectivity index (χ0v) is 13.5. The summed E-state index contributed by atoms with van der Waals surface area (Å²) in [6.07, 6.45) is 4.51. The standard InChI is InChI=1S/C18H18N4S/c19-15-6-3-4-13(10-15)11-17-21-8-9-22(17)12-14-5-1-2-7-16(14)18(20)23/h1-10H,11-12,19H2,(H2,20,23). The number of imidazole rings is 1. The lowest BCUT2D eigenvalue weighted by molar-refractivity contribution is 0.740. The molecule has 1 aromatic heterocycles. The zero-order chi connectivity index (χ0) is 16.2. The Balaban J connectivity index is 1.86. The third-order valence-corrected chi connectivity index (χ3v) is 3.96. The van der Waals surface area contributed by atoms with Crippen LogP contribution in [0.5, 0.6) is 0 Å². The molecule has 0 saturated heterocycles. The van der Waals surface area contributed by atoms with Crippen molar-refractivity contribution >= 4 is 22.9 Å². The fraction of sp³-hybridized carbons (Fsp3) is 0.111. The second-order valence-electron chi connectivity index (χ2n) is 5.41. The summed E-state index contributed by atoms with van der Waals surface area (Å²) in [5, 5.41) is 0. The number of aromatic nitrogens is 2. The Morgan fingerprint density at radius 3 is 2.74 bits per heavy atom. The lowest BCUT2D eigenvalue weighted by Gasteiger charge is -2.12. The molecule has 0 saturated carbocycles. The van der Waals surface area contributed by atoms with Gasteiger partial charge in [-0.3, -0.25) is 0 Å². The van der Waals surface area contributed by atoms with Gasteiger partial charge in [0.05, 0.1) is 0 Å². The summed E-state index contributed by atoms with van der Waals surface area (Å²) < 4.78 is 2.11. The maximum absolute atomic E-state index is 5.85. The zero-order valence-electron chi connectivity index (χ0n) is 12.6. The number of rotatable bonds is 5. The van der Waals surface area contributed by atoms with E-state index in [0.717, 1.165) is 34.6 Å². The second-order valence-corrected chi connectivity index (χ2v) is 5.85. The van der Waals surface area contributed by atoms with Crippen LogP contribution < -0.4 is 11.5 Å². The van der Waals surface area contributed by atoms with E-state index < -0.39 is 0 Å². The van der Waals surface area contributed by atoms with Crippen molar-refractivity contribution in [3.05, 3.63) is 83.4 Å². The molecule has 0 fully saturated rings. The van der Waals surface area contributed by atoms with Gasteiger partial charge in [-0.05, 0) is 23.3 Å². The van der Waals surface area contributed by atoms with Gasteiger partial charge in [0, 0.05) is 36.6 Å². The lowest BCUT2D eigenvalue weighted by atomic mass is 10.1. The summed E-state index contributed by atoms with van der Waals surface area (Å²) in [5.41, 5.74) is 15.6. The van der Waals surface area contributed by atoms with E-state index in [2.05, 4.69) is 15.6 Å². The van der Waals surface area contributed by atoms with Crippen molar-refractivity contribution in [3.63, 3.8) is 0 Å². The van der Waals surface area contributed by atoms with Crippen molar-refractivity contribution < 1.29 is 0 Å². The highest BCUT2D eigenvalue weighted by Gasteiger charge is 2.09. The summed E-state index contributed by atoms with van der Waals surface area (Å²) in [5.74, 6) is 0.980. The van der Waals surface area contributed by atoms with Crippen molar-refractivity contribution in [2.45, 2.75) is 13.0 Å². The van der Waals surface area contributed by atoms with Gasteiger partial charge in [0.15, 0.2) is 0 Å². The first-order valence-corrected chi connectivity index (χ1v) is 7.76. The van der Waals surface area contributed by atoms with Gasteiger partial charge >= 0.3 is 0 Å². The quantitative estimate of drug-likeness (QED) is 0.560. The van der Waals surface area contributed by atoms with Crippen LogP contribution in [0.1, 0.15) is 22.5 Å². The van der Waals surface area contributed by atoms with Crippen LogP contribution in [0, 0.1) is 0 Å². The van der Waals surface area contributed by atoms with Gasteiger partial charge in [-0.25, -0.2) is 4.98 Å². The van der Waals surface area contributed by atoms with Crippen molar-refractivity contribution in [1.82, 2.24) is 9.55 Å². The molecular formula is C18H18N4S. The molecule has 3 aromatic rings. The Hall–Kier alpha value is -2.66. The average Bonchev–Trinajstić information content (AvgIpc) is 2.94. The molecule has 0 aliphatic rings. The first kappa shape index (κ1) is 15.2. The van der Waals surface area contributed by atoms with Gasteiger partial charge in [-0.15, -0.1) is 0 Å². The van der Waals surface area contributed by atoms with E-state index in [1.54, 1.807) is 0 Å². The van der Waals surface area contributed by atoms with Crippen LogP contribution in [0.25, 0.3) is 0 Å². The van der Waals surface area contributed by atoms with Crippen molar-refractivity contribution in [1.29, 1.82) is 0 Å². The monoisotopic (exact) mass is 322 g/mol. The fourth-order valence-electron chi connectivity index (χ4n) is 2.62. The molecule has 0 radical (unpaired) electrons. The molecule has 0 atom stereocenters. The topological polar surface area (TPSA) is 69.9 Å². The van der Waals surface area contributed by atoms with E-state index in [0.29, 0.717) is 11.5 Å². The van der Waals surface area contributed by atoms with Gasteiger partial charge in [0.1, 0.15) is 10.8 Å². The van der Waals surface area contributed by atoms with Gasteiger partial charge < -0.3 is 16.0 Å². The molecule has 5 heteroatoms. The van der Waals surface area contributed by atoms with E-state index in [4.69, 9.17) is 23.7 Å². The third-order valence-electron chi connectivity index (χ3n) is 3.74. The van der Waals surface area contributed by atoms with Crippen LogP contribution in [-0.4, -0.2) is 14.5 Å². The minimum atomic E-state index is 0.415. The molecule has 4 nitrogen and oxygen atoms in total. The third kappa shape index (κ3) is 3.57.